The summed E-state index contributed by atoms with van der Waals surface area (Å²) in [5.74, 6) is -0.244. The summed E-state index contributed by atoms with van der Waals surface area (Å²) in [6.45, 7) is 1.33. The average molecular weight is 151 g/mol. The van der Waals surface area contributed by atoms with Crippen molar-refractivity contribution in [3.63, 3.8) is 0 Å². The molecule has 1 heteroatoms. The summed E-state index contributed by atoms with van der Waals surface area (Å²) in [6.07, 6.45) is 2.41. The molecule has 0 amide bonds. The van der Waals surface area contributed by atoms with Crippen LogP contribution in [0.2, 0.25) is 0 Å². The van der Waals surface area contributed by atoms with Crippen molar-refractivity contribution in [1.82, 2.24) is 0 Å². The van der Waals surface area contributed by atoms with E-state index in [9.17, 15) is 4.79 Å². The van der Waals surface area contributed by atoms with Crippen LogP contribution in [0.3, 0.4) is 0 Å². The molecule has 0 bridgehead atoms. The summed E-state index contributed by atoms with van der Waals surface area (Å²) in [7, 11) is 0. The van der Waals surface area contributed by atoms with E-state index >= 15 is 0 Å². The molecule has 0 atom stereocenters. The molecule has 0 heterocycles. The third-order valence-electron chi connectivity index (χ3n) is 1.00. The van der Waals surface area contributed by atoms with E-state index in [4.69, 9.17) is 6.85 Å². The zero-order valence-corrected chi connectivity index (χ0v) is 6.06. The molecule has 0 saturated carbocycles. The van der Waals surface area contributed by atoms with Gasteiger partial charge in [-0.3, -0.25) is 4.79 Å². The van der Waals surface area contributed by atoms with Crippen LogP contribution in [-0.4, -0.2) is 5.78 Å². The molecule has 11 heavy (non-hydrogen) atoms. The highest BCUT2D eigenvalue weighted by atomic mass is 16.1. The van der Waals surface area contributed by atoms with E-state index in [0.29, 0.717) is 0 Å². The topological polar surface area (TPSA) is 17.1 Å². The molecule has 1 aromatic rings. The fraction of sp³-hybridized carbons (Fsp3) is 0.100. The molecule has 0 spiro atoms. The van der Waals surface area contributed by atoms with Crippen LogP contribution in [0.1, 0.15) is 19.3 Å². The Kier molecular flexibility index (Phi) is 1.13. The largest absolute Gasteiger partial charge is 0.295 e. The van der Waals surface area contributed by atoms with Gasteiger partial charge in [0.25, 0.3) is 0 Å². The Morgan fingerprint density at radius 3 is 2.64 bits per heavy atom. The van der Waals surface area contributed by atoms with Gasteiger partial charge in [-0.05, 0) is 18.6 Å². The fourth-order valence-corrected chi connectivity index (χ4v) is 0.544. The van der Waals surface area contributed by atoms with Gasteiger partial charge in [-0.25, -0.2) is 0 Å². The third-order valence-corrected chi connectivity index (χ3v) is 1.00. The number of benzene rings is 1. The quantitative estimate of drug-likeness (QED) is 0.593. The zero-order valence-electron chi connectivity index (χ0n) is 11.1. The molecule has 1 aromatic carbocycles. The van der Waals surface area contributed by atoms with Crippen LogP contribution < -0.4 is 0 Å². The minimum atomic E-state index is -0.435. The molecule has 0 aliphatic carbocycles. The predicted octanol–water partition coefficient (Wildman–Crippen LogP) is 2.29. The van der Waals surface area contributed by atoms with E-state index in [1.807, 2.05) is 0 Å². The number of allylic oxidation sites excluding steroid dienone is 1. The molecule has 0 aliphatic heterocycles. The SMILES string of the molecule is [2H]c1c([2H])c([2H])c(C=CC(C)=O)c([2H])c1[2H]. The Labute approximate surface area is 73.4 Å². The Morgan fingerprint density at radius 2 is 2.09 bits per heavy atom. The first-order valence-corrected chi connectivity index (χ1v) is 3.11. The number of carbonyl (C=O) groups is 1. The highest BCUT2D eigenvalue weighted by Gasteiger charge is 1.83. The summed E-state index contributed by atoms with van der Waals surface area (Å²) >= 11 is 0. The molecule has 1 nitrogen and oxygen atoms in total. The molecule has 0 fully saturated rings. The monoisotopic (exact) mass is 151 g/mol. The van der Waals surface area contributed by atoms with Crippen LogP contribution in [0, 0.1) is 0 Å². The van der Waals surface area contributed by atoms with E-state index < -0.39 is 18.1 Å². The Hall–Kier alpha value is -1.37. The molecular weight excluding hydrogens is 136 g/mol. The van der Waals surface area contributed by atoms with Gasteiger partial charge in [-0.15, -0.1) is 0 Å². The Bertz CT molecular complexity index is 450. The van der Waals surface area contributed by atoms with E-state index in [1.165, 1.54) is 19.1 Å². The molecule has 0 saturated heterocycles. The Balaban J connectivity index is 3.45. The molecular formula is C10H10O. The zero-order chi connectivity index (χ0) is 12.5. The van der Waals surface area contributed by atoms with Crippen LogP contribution in [-0.2, 0) is 4.79 Å². The second-order valence-corrected chi connectivity index (χ2v) is 1.98. The smallest absolute Gasteiger partial charge is 0.152 e. The molecule has 0 aliphatic rings. The maximum Gasteiger partial charge on any atom is 0.152 e. The van der Waals surface area contributed by atoms with Gasteiger partial charge >= 0.3 is 0 Å². The number of carbonyl (C=O) groups excluding carboxylic acids is 1. The van der Waals surface area contributed by atoms with Crippen LogP contribution in [0.25, 0.3) is 6.08 Å². The highest BCUT2D eigenvalue weighted by Crippen LogP contribution is 2.00. The lowest BCUT2D eigenvalue weighted by Gasteiger charge is -1.88. The minimum absolute atomic E-state index is 0.0289. The van der Waals surface area contributed by atoms with Gasteiger partial charge in [0.05, 0.1) is 6.85 Å². The van der Waals surface area contributed by atoms with E-state index in [1.54, 1.807) is 0 Å². The van der Waals surface area contributed by atoms with E-state index in [-0.39, 0.29) is 23.4 Å². The lowest BCUT2D eigenvalue weighted by Crippen LogP contribution is -1.79. The van der Waals surface area contributed by atoms with Gasteiger partial charge in [0.15, 0.2) is 5.78 Å². The molecule has 1 rings (SSSR count). The number of ketones is 1. The van der Waals surface area contributed by atoms with Crippen molar-refractivity contribution in [1.29, 1.82) is 0 Å². The molecule has 0 aromatic heterocycles. The maximum absolute atomic E-state index is 10.7. The Morgan fingerprint density at radius 1 is 1.45 bits per heavy atom. The van der Waals surface area contributed by atoms with Crippen molar-refractivity contribution in [3.8, 4) is 0 Å². The summed E-state index contributed by atoms with van der Waals surface area (Å²) in [5, 5.41) is 0. The summed E-state index contributed by atoms with van der Waals surface area (Å²) in [6, 6.07) is -1.84. The standard InChI is InChI=1S/C10H10O/c1-9(11)7-8-10-5-3-2-4-6-10/h2-8H,1H3/i2D,3D,4D,5D,6D. The van der Waals surface area contributed by atoms with Gasteiger partial charge in [-0.2, -0.15) is 0 Å². The lowest BCUT2D eigenvalue weighted by molar-refractivity contribution is -0.112. The minimum Gasteiger partial charge on any atom is -0.295 e. The number of rotatable bonds is 2. The fourth-order valence-electron chi connectivity index (χ4n) is 0.544. The van der Waals surface area contributed by atoms with Crippen LogP contribution in [0.4, 0.5) is 0 Å². The van der Waals surface area contributed by atoms with Crippen molar-refractivity contribution in [3.05, 3.63) is 41.9 Å². The highest BCUT2D eigenvalue weighted by molar-refractivity contribution is 5.91. The first kappa shape index (κ1) is 3.35. The first-order chi connectivity index (χ1) is 7.36. The maximum atomic E-state index is 10.7. The van der Waals surface area contributed by atoms with E-state index in [2.05, 4.69) is 0 Å². The van der Waals surface area contributed by atoms with Crippen molar-refractivity contribution in [2.24, 2.45) is 0 Å². The summed E-state index contributed by atoms with van der Waals surface area (Å²) < 4.78 is 37.2. The molecule has 0 radical (unpaired) electrons. The molecule has 0 N–H and O–H groups in total. The first-order valence-electron chi connectivity index (χ1n) is 5.61. The second-order valence-electron chi connectivity index (χ2n) is 1.98. The summed E-state index contributed by atoms with van der Waals surface area (Å²) in [4.78, 5) is 10.7. The molecule has 0 unspecified atom stereocenters. The average Bonchev–Trinajstić information content (AvgIpc) is 2.23. The third kappa shape index (κ3) is 2.80. The van der Waals surface area contributed by atoms with Gasteiger partial charge < -0.3 is 0 Å². The second kappa shape index (κ2) is 3.71. The lowest BCUT2D eigenvalue weighted by atomic mass is 10.2. The number of hydrogen-bond donors (Lipinski definition) is 0. The van der Waals surface area contributed by atoms with Gasteiger partial charge in [-0.1, -0.05) is 36.3 Å². The normalized spacial score (nSPS) is 16.6. The van der Waals surface area contributed by atoms with Gasteiger partial charge in [0, 0.05) is 0 Å². The number of hydrogen-bond acceptors (Lipinski definition) is 1. The predicted molar refractivity (Wildman–Crippen MR) is 46.2 cm³/mol. The van der Waals surface area contributed by atoms with Crippen LogP contribution >= 0.6 is 0 Å². The summed E-state index contributed by atoms with van der Waals surface area (Å²) in [5.41, 5.74) is 0.0289. The molecule has 56 valence electrons. The van der Waals surface area contributed by atoms with Crippen LogP contribution in [0.5, 0.6) is 0 Å². The van der Waals surface area contributed by atoms with Crippen LogP contribution in [0.15, 0.2) is 36.3 Å². The van der Waals surface area contributed by atoms with Crippen molar-refractivity contribution >= 4 is 11.9 Å². The van der Waals surface area contributed by atoms with Gasteiger partial charge in [0.2, 0.25) is 0 Å². The van der Waals surface area contributed by atoms with Crippen molar-refractivity contribution < 1.29 is 11.6 Å². The van der Waals surface area contributed by atoms with Gasteiger partial charge in [0.1, 0.15) is 0 Å². The van der Waals surface area contributed by atoms with E-state index in [0.717, 1.165) is 0 Å². The van der Waals surface area contributed by atoms with Crippen molar-refractivity contribution in [2.45, 2.75) is 6.92 Å². The van der Waals surface area contributed by atoms with Crippen molar-refractivity contribution in [2.75, 3.05) is 0 Å².